The number of benzene rings is 2. The molecule has 0 saturated carbocycles. The number of amides is 1. The zero-order chi connectivity index (χ0) is 15.8. The number of hydrogen-bond donors (Lipinski definition) is 1. The number of rotatable bonds is 6. The van der Waals surface area contributed by atoms with Crippen molar-refractivity contribution in [2.75, 3.05) is 6.61 Å². The minimum Gasteiger partial charge on any atom is -0.491 e. The van der Waals surface area contributed by atoms with E-state index in [-0.39, 0.29) is 11.9 Å². The van der Waals surface area contributed by atoms with Gasteiger partial charge in [0.15, 0.2) is 0 Å². The molecule has 0 fully saturated rings. The van der Waals surface area contributed by atoms with Crippen molar-refractivity contribution in [2.24, 2.45) is 0 Å². The van der Waals surface area contributed by atoms with Gasteiger partial charge in [-0.1, -0.05) is 48.0 Å². The van der Waals surface area contributed by atoms with E-state index in [1.807, 2.05) is 68.4 Å². The third-order valence-corrected chi connectivity index (χ3v) is 3.14. The number of ether oxygens (including phenoxy) is 1. The molecule has 0 aliphatic carbocycles. The molecule has 0 aromatic heterocycles. The fraction of sp³-hybridized carbons (Fsp3) is 0.211. The van der Waals surface area contributed by atoms with E-state index in [4.69, 9.17) is 4.74 Å². The lowest BCUT2D eigenvalue weighted by Gasteiger charge is -2.14. The maximum atomic E-state index is 11.8. The van der Waals surface area contributed by atoms with E-state index in [2.05, 4.69) is 5.32 Å². The average Bonchev–Trinajstić information content (AvgIpc) is 2.53. The van der Waals surface area contributed by atoms with Crippen molar-refractivity contribution in [1.82, 2.24) is 5.32 Å². The summed E-state index contributed by atoms with van der Waals surface area (Å²) in [5.41, 5.74) is 2.20. The fourth-order valence-electron chi connectivity index (χ4n) is 1.92. The molecule has 3 nitrogen and oxygen atoms in total. The van der Waals surface area contributed by atoms with Crippen LogP contribution >= 0.6 is 0 Å². The molecule has 3 heteroatoms. The van der Waals surface area contributed by atoms with E-state index in [0.717, 1.165) is 11.3 Å². The summed E-state index contributed by atoms with van der Waals surface area (Å²) in [4.78, 5) is 11.8. The monoisotopic (exact) mass is 295 g/mol. The second-order valence-corrected chi connectivity index (χ2v) is 5.28. The van der Waals surface area contributed by atoms with E-state index in [1.165, 1.54) is 11.6 Å². The third-order valence-electron chi connectivity index (χ3n) is 3.14. The summed E-state index contributed by atoms with van der Waals surface area (Å²) in [5.74, 6) is 0.690. The molecule has 2 rings (SSSR count). The smallest absolute Gasteiger partial charge is 0.244 e. The van der Waals surface area contributed by atoms with Gasteiger partial charge >= 0.3 is 0 Å². The Hall–Kier alpha value is -2.55. The minimum atomic E-state index is -0.121. The predicted octanol–water partition coefficient (Wildman–Crippen LogP) is 3.59. The van der Waals surface area contributed by atoms with Crippen molar-refractivity contribution < 1.29 is 9.53 Å². The molecule has 1 atom stereocenters. The van der Waals surface area contributed by atoms with Crippen LogP contribution in [-0.4, -0.2) is 18.6 Å². The second kappa shape index (κ2) is 8.03. The summed E-state index contributed by atoms with van der Waals surface area (Å²) in [6, 6.07) is 17.5. The molecule has 0 saturated heterocycles. The highest BCUT2D eigenvalue weighted by molar-refractivity contribution is 5.91. The quantitative estimate of drug-likeness (QED) is 0.827. The van der Waals surface area contributed by atoms with Crippen LogP contribution in [0.3, 0.4) is 0 Å². The third kappa shape index (κ3) is 5.44. The minimum absolute atomic E-state index is 0.0609. The molecule has 0 aliphatic heterocycles. The maximum Gasteiger partial charge on any atom is 0.244 e. The highest BCUT2D eigenvalue weighted by Gasteiger charge is 2.05. The van der Waals surface area contributed by atoms with Crippen molar-refractivity contribution >= 4 is 12.0 Å². The molecule has 0 aliphatic rings. The molecular weight excluding hydrogens is 274 g/mol. The summed E-state index contributed by atoms with van der Waals surface area (Å²) in [6.45, 7) is 4.39. The Balaban J connectivity index is 1.76. The van der Waals surface area contributed by atoms with E-state index < -0.39 is 0 Å². The van der Waals surface area contributed by atoms with Gasteiger partial charge in [0.1, 0.15) is 12.4 Å². The van der Waals surface area contributed by atoms with Crippen LogP contribution in [0.1, 0.15) is 18.1 Å². The average molecular weight is 295 g/mol. The van der Waals surface area contributed by atoms with Crippen molar-refractivity contribution in [3.63, 3.8) is 0 Å². The van der Waals surface area contributed by atoms with Crippen molar-refractivity contribution in [2.45, 2.75) is 19.9 Å². The van der Waals surface area contributed by atoms with Gasteiger partial charge in [0.05, 0.1) is 6.04 Å². The normalized spacial score (nSPS) is 12.1. The van der Waals surface area contributed by atoms with Crippen LogP contribution < -0.4 is 10.1 Å². The molecule has 114 valence electrons. The van der Waals surface area contributed by atoms with E-state index >= 15 is 0 Å². The molecule has 0 bridgehead atoms. The summed E-state index contributed by atoms with van der Waals surface area (Å²) in [7, 11) is 0. The Labute approximate surface area is 131 Å². The number of aryl methyl sites for hydroxylation is 1. The van der Waals surface area contributed by atoms with Gasteiger partial charge in [-0.15, -0.1) is 0 Å². The van der Waals surface area contributed by atoms with Gasteiger partial charge in [0, 0.05) is 6.08 Å². The molecule has 0 heterocycles. The Morgan fingerprint density at radius 3 is 2.50 bits per heavy atom. The van der Waals surface area contributed by atoms with Crippen LogP contribution in [0.15, 0.2) is 60.7 Å². The summed E-state index contributed by atoms with van der Waals surface area (Å²) >= 11 is 0. The van der Waals surface area contributed by atoms with Gasteiger partial charge in [-0.05, 0) is 37.6 Å². The standard InChI is InChI=1S/C19H21NO2/c1-15-8-11-18(12-9-15)22-14-16(2)20-19(21)13-10-17-6-4-3-5-7-17/h3-13,16H,14H2,1-2H3,(H,20,21)/b13-10+. The number of carbonyl (C=O) groups excluding carboxylic acids is 1. The molecule has 1 N–H and O–H groups in total. The van der Waals surface area contributed by atoms with Crippen LogP contribution in [-0.2, 0) is 4.79 Å². The Morgan fingerprint density at radius 2 is 1.82 bits per heavy atom. The first-order chi connectivity index (χ1) is 10.6. The molecule has 1 amide bonds. The summed E-state index contributed by atoms with van der Waals surface area (Å²) < 4.78 is 5.65. The van der Waals surface area contributed by atoms with Gasteiger partial charge in [0.25, 0.3) is 0 Å². The first-order valence-electron chi connectivity index (χ1n) is 7.36. The van der Waals surface area contributed by atoms with Gasteiger partial charge in [-0.2, -0.15) is 0 Å². The molecular formula is C19H21NO2. The molecule has 0 spiro atoms. The van der Waals surface area contributed by atoms with Gasteiger partial charge in [0.2, 0.25) is 5.91 Å². The highest BCUT2D eigenvalue weighted by atomic mass is 16.5. The summed E-state index contributed by atoms with van der Waals surface area (Å²) in [6.07, 6.45) is 3.33. The van der Waals surface area contributed by atoms with Crippen LogP contribution in [0.2, 0.25) is 0 Å². The van der Waals surface area contributed by atoms with Gasteiger partial charge in [-0.3, -0.25) is 4.79 Å². The van der Waals surface area contributed by atoms with Crippen LogP contribution in [0.5, 0.6) is 5.75 Å². The molecule has 0 radical (unpaired) electrons. The largest absolute Gasteiger partial charge is 0.491 e. The lowest BCUT2D eigenvalue weighted by Crippen LogP contribution is -2.35. The van der Waals surface area contributed by atoms with Crippen LogP contribution in [0, 0.1) is 6.92 Å². The lowest BCUT2D eigenvalue weighted by atomic mass is 10.2. The Bertz CT molecular complexity index is 618. The zero-order valence-corrected chi connectivity index (χ0v) is 13.0. The number of nitrogens with one attached hydrogen (secondary N) is 1. The van der Waals surface area contributed by atoms with Gasteiger partial charge in [-0.25, -0.2) is 0 Å². The van der Waals surface area contributed by atoms with Gasteiger partial charge < -0.3 is 10.1 Å². The molecule has 2 aromatic rings. The molecule has 2 aromatic carbocycles. The molecule has 1 unspecified atom stereocenters. The topological polar surface area (TPSA) is 38.3 Å². The van der Waals surface area contributed by atoms with Crippen molar-refractivity contribution in [3.05, 3.63) is 71.8 Å². The Kier molecular flexibility index (Phi) is 5.78. The molecule has 22 heavy (non-hydrogen) atoms. The van der Waals surface area contributed by atoms with Crippen molar-refractivity contribution in [3.8, 4) is 5.75 Å². The zero-order valence-electron chi connectivity index (χ0n) is 13.0. The Morgan fingerprint density at radius 1 is 1.14 bits per heavy atom. The number of carbonyl (C=O) groups is 1. The van der Waals surface area contributed by atoms with Crippen LogP contribution in [0.4, 0.5) is 0 Å². The summed E-state index contributed by atoms with van der Waals surface area (Å²) in [5, 5.41) is 2.88. The predicted molar refractivity (Wildman–Crippen MR) is 89.8 cm³/mol. The van der Waals surface area contributed by atoms with E-state index in [0.29, 0.717) is 6.61 Å². The fourth-order valence-corrected chi connectivity index (χ4v) is 1.92. The highest BCUT2D eigenvalue weighted by Crippen LogP contribution is 2.11. The van der Waals surface area contributed by atoms with Crippen molar-refractivity contribution in [1.29, 1.82) is 0 Å². The first-order valence-corrected chi connectivity index (χ1v) is 7.36. The second-order valence-electron chi connectivity index (χ2n) is 5.28. The maximum absolute atomic E-state index is 11.8. The van der Waals surface area contributed by atoms with Crippen LogP contribution in [0.25, 0.3) is 6.08 Å². The van der Waals surface area contributed by atoms with E-state index in [1.54, 1.807) is 6.08 Å². The SMILES string of the molecule is Cc1ccc(OCC(C)NC(=O)/C=C/c2ccccc2)cc1. The first kappa shape index (κ1) is 15.8. The van der Waals surface area contributed by atoms with E-state index in [9.17, 15) is 4.79 Å². The lowest BCUT2D eigenvalue weighted by molar-refractivity contribution is -0.117. The number of hydrogen-bond acceptors (Lipinski definition) is 2.